The molecule has 2 N–H and O–H groups in total. The fourth-order valence-corrected chi connectivity index (χ4v) is 2.71. The van der Waals surface area contributed by atoms with E-state index in [0.717, 1.165) is 25.9 Å². The first-order valence-electron chi connectivity index (χ1n) is 6.97. The molecule has 0 radical (unpaired) electrons. The van der Waals surface area contributed by atoms with Gasteiger partial charge in [-0.25, -0.2) is 0 Å². The summed E-state index contributed by atoms with van der Waals surface area (Å²) in [7, 11) is 0. The molecular weight excluding hydrogens is 248 g/mol. The smallest absolute Gasteiger partial charge is 0.306 e. The van der Waals surface area contributed by atoms with Crippen LogP contribution in [-0.4, -0.2) is 60.8 Å². The van der Waals surface area contributed by atoms with E-state index in [1.807, 2.05) is 0 Å². The van der Waals surface area contributed by atoms with Crippen LogP contribution in [-0.2, 0) is 14.3 Å². The highest BCUT2D eigenvalue weighted by molar-refractivity contribution is 5.76. The number of carboxylic acids is 1. The fraction of sp³-hybridized carbons (Fsp3) is 0.846. The maximum Gasteiger partial charge on any atom is 0.306 e. The van der Waals surface area contributed by atoms with Gasteiger partial charge in [-0.2, -0.15) is 0 Å². The maximum absolute atomic E-state index is 12.1. The molecule has 6 nitrogen and oxygen atoms in total. The highest BCUT2D eigenvalue weighted by Gasteiger charge is 2.26. The van der Waals surface area contributed by atoms with Crippen molar-refractivity contribution in [1.29, 1.82) is 0 Å². The number of aliphatic carboxylic acids is 1. The predicted octanol–water partition coefficient (Wildman–Crippen LogP) is 0.0782. The van der Waals surface area contributed by atoms with E-state index in [1.54, 1.807) is 4.90 Å². The number of amides is 1. The van der Waals surface area contributed by atoms with Crippen LogP contribution in [0.25, 0.3) is 0 Å². The quantitative estimate of drug-likeness (QED) is 0.739. The zero-order valence-corrected chi connectivity index (χ0v) is 11.1. The Labute approximate surface area is 113 Å². The first-order chi connectivity index (χ1) is 9.15. The van der Waals surface area contributed by atoms with Gasteiger partial charge in [0.2, 0.25) is 5.91 Å². The number of carboxylic acid groups (broad SMARTS) is 1. The number of carbonyl (C=O) groups is 2. The molecular formula is C13H22N2O4. The summed E-state index contributed by atoms with van der Waals surface area (Å²) in [6, 6.07) is 0. The van der Waals surface area contributed by atoms with E-state index in [2.05, 4.69) is 5.32 Å². The van der Waals surface area contributed by atoms with Crippen molar-refractivity contribution < 1.29 is 19.4 Å². The predicted molar refractivity (Wildman–Crippen MR) is 68.8 cm³/mol. The van der Waals surface area contributed by atoms with Crippen molar-refractivity contribution in [1.82, 2.24) is 10.2 Å². The minimum Gasteiger partial charge on any atom is -0.481 e. The van der Waals surface area contributed by atoms with Crippen LogP contribution >= 0.6 is 0 Å². The van der Waals surface area contributed by atoms with Gasteiger partial charge in [-0.15, -0.1) is 0 Å². The molecule has 2 heterocycles. The second-order valence-corrected chi connectivity index (χ2v) is 5.33. The second kappa shape index (κ2) is 6.86. The standard InChI is InChI=1S/C13H22N2O4/c16-12(2-1-10-3-4-14-8-10)15-5-6-19-11(9-15)7-13(17)18/h10-11,14H,1-9H2,(H,17,18). The average molecular weight is 270 g/mol. The Kier molecular flexibility index (Phi) is 5.15. The van der Waals surface area contributed by atoms with Crippen molar-refractivity contribution in [2.24, 2.45) is 5.92 Å². The number of nitrogens with one attached hydrogen (secondary N) is 1. The molecule has 0 aromatic rings. The van der Waals surface area contributed by atoms with Crippen molar-refractivity contribution in [3.8, 4) is 0 Å². The maximum atomic E-state index is 12.1. The highest BCUT2D eigenvalue weighted by Crippen LogP contribution is 2.16. The number of rotatable bonds is 5. The van der Waals surface area contributed by atoms with Gasteiger partial charge in [0.15, 0.2) is 0 Å². The Morgan fingerprint density at radius 2 is 2.26 bits per heavy atom. The zero-order valence-electron chi connectivity index (χ0n) is 11.1. The normalized spacial score (nSPS) is 27.5. The third kappa shape index (κ3) is 4.47. The number of hydrogen-bond donors (Lipinski definition) is 2. The van der Waals surface area contributed by atoms with Gasteiger partial charge in [0.1, 0.15) is 0 Å². The van der Waals surface area contributed by atoms with Gasteiger partial charge in [0.05, 0.1) is 19.1 Å². The molecule has 2 saturated heterocycles. The van der Waals surface area contributed by atoms with Crippen molar-refractivity contribution in [2.45, 2.75) is 31.8 Å². The van der Waals surface area contributed by atoms with Gasteiger partial charge in [-0.3, -0.25) is 9.59 Å². The van der Waals surface area contributed by atoms with Crippen LogP contribution in [0.1, 0.15) is 25.7 Å². The molecule has 108 valence electrons. The molecule has 2 fully saturated rings. The van der Waals surface area contributed by atoms with E-state index < -0.39 is 5.97 Å². The molecule has 0 aromatic carbocycles. The van der Waals surface area contributed by atoms with Gasteiger partial charge in [-0.05, 0) is 31.8 Å². The van der Waals surface area contributed by atoms with Crippen LogP contribution in [0.15, 0.2) is 0 Å². The zero-order chi connectivity index (χ0) is 13.7. The summed E-state index contributed by atoms with van der Waals surface area (Å²) in [6.45, 7) is 3.50. The minimum atomic E-state index is -0.878. The Balaban J connectivity index is 1.73. The molecule has 0 bridgehead atoms. The Morgan fingerprint density at radius 1 is 1.42 bits per heavy atom. The average Bonchev–Trinajstić information content (AvgIpc) is 2.88. The van der Waals surface area contributed by atoms with E-state index in [9.17, 15) is 9.59 Å². The molecule has 1 amide bonds. The van der Waals surface area contributed by atoms with Crippen molar-refractivity contribution >= 4 is 11.9 Å². The molecule has 2 aliphatic rings. The molecule has 0 spiro atoms. The van der Waals surface area contributed by atoms with E-state index in [4.69, 9.17) is 9.84 Å². The SMILES string of the molecule is O=C(O)CC1CN(C(=O)CCC2CCNC2)CCO1. The van der Waals surface area contributed by atoms with Gasteiger partial charge in [-0.1, -0.05) is 0 Å². The Morgan fingerprint density at radius 3 is 2.95 bits per heavy atom. The van der Waals surface area contributed by atoms with E-state index >= 15 is 0 Å². The largest absolute Gasteiger partial charge is 0.481 e. The van der Waals surface area contributed by atoms with Crippen molar-refractivity contribution in [3.05, 3.63) is 0 Å². The number of morpholine rings is 1. The number of hydrogen-bond acceptors (Lipinski definition) is 4. The summed E-state index contributed by atoms with van der Waals surface area (Å²) in [6.07, 6.45) is 2.25. The van der Waals surface area contributed by atoms with E-state index in [0.29, 0.717) is 32.0 Å². The lowest BCUT2D eigenvalue weighted by Gasteiger charge is -2.32. The van der Waals surface area contributed by atoms with Crippen LogP contribution in [0.5, 0.6) is 0 Å². The van der Waals surface area contributed by atoms with Crippen LogP contribution in [0.3, 0.4) is 0 Å². The fourth-order valence-electron chi connectivity index (χ4n) is 2.71. The molecule has 2 rings (SSSR count). The number of nitrogens with zero attached hydrogens (tertiary/aromatic N) is 1. The first kappa shape index (κ1) is 14.3. The summed E-state index contributed by atoms with van der Waals surface area (Å²) < 4.78 is 5.36. The van der Waals surface area contributed by atoms with E-state index in [1.165, 1.54) is 0 Å². The summed E-state index contributed by atoms with van der Waals surface area (Å²) in [4.78, 5) is 24.5. The lowest BCUT2D eigenvalue weighted by molar-refractivity contribution is -0.147. The molecule has 0 aromatic heterocycles. The molecule has 19 heavy (non-hydrogen) atoms. The molecule has 0 aliphatic carbocycles. The van der Waals surface area contributed by atoms with Crippen LogP contribution in [0, 0.1) is 5.92 Å². The Bertz CT molecular complexity index is 329. The van der Waals surface area contributed by atoms with Gasteiger partial charge in [0, 0.05) is 19.5 Å². The molecule has 6 heteroatoms. The van der Waals surface area contributed by atoms with Gasteiger partial charge < -0.3 is 20.1 Å². The topological polar surface area (TPSA) is 78.9 Å². The monoisotopic (exact) mass is 270 g/mol. The van der Waals surface area contributed by atoms with Crippen molar-refractivity contribution in [2.75, 3.05) is 32.8 Å². The number of carbonyl (C=O) groups excluding carboxylic acids is 1. The summed E-state index contributed by atoms with van der Waals surface area (Å²) >= 11 is 0. The van der Waals surface area contributed by atoms with Gasteiger partial charge >= 0.3 is 5.97 Å². The summed E-state index contributed by atoms with van der Waals surface area (Å²) in [5, 5.41) is 12.0. The molecule has 2 aliphatic heterocycles. The molecule has 2 unspecified atom stereocenters. The molecule has 0 saturated carbocycles. The lowest BCUT2D eigenvalue weighted by atomic mass is 10.0. The minimum absolute atomic E-state index is 0.0314. The third-order valence-electron chi connectivity index (χ3n) is 3.82. The van der Waals surface area contributed by atoms with Gasteiger partial charge in [0.25, 0.3) is 0 Å². The highest BCUT2D eigenvalue weighted by atomic mass is 16.5. The first-order valence-corrected chi connectivity index (χ1v) is 6.97. The molecule has 2 atom stereocenters. The van der Waals surface area contributed by atoms with Crippen LogP contribution in [0.4, 0.5) is 0 Å². The lowest BCUT2D eigenvalue weighted by Crippen LogP contribution is -2.46. The summed E-state index contributed by atoms with van der Waals surface area (Å²) in [5.74, 6) is -0.137. The van der Waals surface area contributed by atoms with Crippen molar-refractivity contribution in [3.63, 3.8) is 0 Å². The Hall–Kier alpha value is -1.14. The number of ether oxygens (including phenoxy) is 1. The second-order valence-electron chi connectivity index (χ2n) is 5.33. The summed E-state index contributed by atoms with van der Waals surface area (Å²) in [5.41, 5.74) is 0. The third-order valence-corrected chi connectivity index (χ3v) is 3.82. The van der Waals surface area contributed by atoms with Crippen LogP contribution < -0.4 is 5.32 Å². The van der Waals surface area contributed by atoms with E-state index in [-0.39, 0.29) is 18.4 Å². The van der Waals surface area contributed by atoms with Crippen LogP contribution in [0.2, 0.25) is 0 Å².